The van der Waals surface area contributed by atoms with Crippen molar-refractivity contribution < 1.29 is 19.1 Å². The third-order valence-corrected chi connectivity index (χ3v) is 3.58. The van der Waals surface area contributed by atoms with Crippen molar-refractivity contribution in [1.29, 1.82) is 0 Å². The minimum atomic E-state index is -0.874. The third-order valence-electron chi connectivity index (χ3n) is 3.58. The van der Waals surface area contributed by atoms with Gasteiger partial charge in [0, 0.05) is 18.2 Å². The number of hydrogen-bond acceptors (Lipinski definition) is 5. The van der Waals surface area contributed by atoms with Crippen molar-refractivity contribution in [1.82, 2.24) is 10.9 Å². The molecule has 1 aliphatic heterocycles. The zero-order chi connectivity index (χ0) is 15.7. The van der Waals surface area contributed by atoms with Crippen LogP contribution in [0.1, 0.15) is 47.0 Å². The van der Waals surface area contributed by atoms with E-state index in [1.807, 2.05) is 20.8 Å². The number of allylic oxidation sites excluding steroid dienone is 2. The Morgan fingerprint density at radius 3 is 2.67 bits per heavy atom. The second-order valence-corrected chi connectivity index (χ2v) is 6.88. The molecule has 0 radical (unpaired) electrons. The molecule has 2 rings (SSSR count). The monoisotopic (exact) mass is 296 g/mol. The van der Waals surface area contributed by atoms with Gasteiger partial charge in [-0.15, -0.1) is 0 Å². The fourth-order valence-corrected chi connectivity index (χ4v) is 2.79. The van der Waals surface area contributed by atoms with Gasteiger partial charge in [-0.2, -0.15) is 0 Å². The molecule has 21 heavy (non-hydrogen) atoms. The van der Waals surface area contributed by atoms with Crippen LogP contribution in [-0.2, 0) is 19.1 Å². The number of carbonyl (C=O) groups is 2. The van der Waals surface area contributed by atoms with E-state index in [0.29, 0.717) is 13.0 Å². The molecule has 2 atom stereocenters. The van der Waals surface area contributed by atoms with Gasteiger partial charge in [0.2, 0.25) is 5.91 Å². The first-order valence-electron chi connectivity index (χ1n) is 7.28. The van der Waals surface area contributed by atoms with Crippen LogP contribution in [0.4, 0.5) is 0 Å². The number of rotatable bonds is 4. The van der Waals surface area contributed by atoms with Crippen molar-refractivity contribution >= 4 is 11.7 Å². The summed E-state index contributed by atoms with van der Waals surface area (Å²) < 4.78 is 11.1. The molecule has 2 aliphatic rings. The van der Waals surface area contributed by atoms with E-state index in [1.165, 1.54) is 0 Å². The van der Waals surface area contributed by atoms with Crippen LogP contribution in [0.15, 0.2) is 11.8 Å². The molecule has 0 aromatic carbocycles. The summed E-state index contributed by atoms with van der Waals surface area (Å²) in [6.07, 6.45) is 2.91. The van der Waals surface area contributed by atoms with Crippen molar-refractivity contribution in [2.45, 2.75) is 58.8 Å². The van der Waals surface area contributed by atoms with Crippen molar-refractivity contribution in [2.75, 3.05) is 6.61 Å². The minimum absolute atomic E-state index is 0.00441. The Morgan fingerprint density at radius 1 is 1.38 bits per heavy atom. The van der Waals surface area contributed by atoms with Gasteiger partial charge < -0.3 is 14.9 Å². The van der Waals surface area contributed by atoms with Crippen molar-refractivity contribution in [3.8, 4) is 0 Å². The molecule has 1 fully saturated rings. The fraction of sp³-hybridized carbons (Fsp3) is 0.733. The second kappa shape index (κ2) is 5.77. The number of hydrogen-bond donors (Lipinski definition) is 2. The van der Waals surface area contributed by atoms with Crippen LogP contribution in [0.2, 0.25) is 0 Å². The number of nitrogens with one attached hydrogen (secondary N) is 2. The molecule has 118 valence electrons. The van der Waals surface area contributed by atoms with E-state index in [4.69, 9.17) is 9.47 Å². The van der Waals surface area contributed by atoms with E-state index >= 15 is 0 Å². The lowest BCUT2D eigenvalue weighted by Gasteiger charge is -2.29. The van der Waals surface area contributed by atoms with Gasteiger partial charge in [0.15, 0.2) is 11.6 Å². The summed E-state index contributed by atoms with van der Waals surface area (Å²) in [7, 11) is 0. The molecule has 1 saturated heterocycles. The van der Waals surface area contributed by atoms with Gasteiger partial charge in [0.1, 0.15) is 0 Å². The highest BCUT2D eigenvalue weighted by molar-refractivity contribution is 5.91. The molecule has 2 N–H and O–H groups in total. The SMILES string of the molecule is CC1COC(C)(CC(=O)NNC2=CC(=O)CC(C)(C)C2)O1. The summed E-state index contributed by atoms with van der Waals surface area (Å²) in [6, 6.07) is 0. The third kappa shape index (κ3) is 4.54. The first-order chi connectivity index (χ1) is 9.67. The normalized spacial score (nSPS) is 31.7. The zero-order valence-corrected chi connectivity index (χ0v) is 13.1. The lowest BCUT2D eigenvalue weighted by molar-refractivity contribution is -0.166. The maximum Gasteiger partial charge on any atom is 0.243 e. The predicted octanol–water partition coefficient (Wildman–Crippen LogP) is 1.42. The van der Waals surface area contributed by atoms with Gasteiger partial charge in [-0.1, -0.05) is 13.8 Å². The Bertz CT molecular complexity index is 472. The van der Waals surface area contributed by atoms with Gasteiger partial charge >= 0.3 is 0 Å². The van der Waals surface area contributed by atoms with Gasteiger partial charge in [-0.05, 0) is 25.7 Å². The van der Waals surface area contributed by atoms with Gasteiger partial charge in [0.25, 0.3) is 0 Å². The molecule has 0 bridgehead atoms. The van der Waals surface area contributed by atoms with Crippen LogP contribution in [-0.4, -0.2) is 30.2 Å². The highest BCUT2D eigenvalue weighted by Crippen LogP contribution is 2.32. The molecule has 1 heterocycles. The van der Waals surface area contributed by atoms with Gasteiger partial charge in [-0.3, -0.25) is 15.0 Å². The molecule has 0 saturated carbocycles. The van der Waals surface area contributed by atoms with Crippen molar-refractivity contribution in [3.05, 3.63) is 11.8 Å². The van der Waals surface area contributed by atoms with Crippen LogP contribution in [0.3, 0.4) is 0 Å². The first-order valence-corrected chi connectivity index (χ1v) is 7.28. The van der Waals surface area contributed by atoms with Gasteiger partial charge in [-0.25, -0.2) is 0 Å². The van der Waals surface area contributed by atoms with Crippen LogP contribution < -0.4 is 10.9 Å². The lowest BCUT2D eigenvalue weighted by atomic mass is 9.79. The minimum Gasteiger partial charge on any atom is -0.347 e. The highest BCUT2D eigenvalue weighted by atomic mass is 16.7. The molecule has 0 aromatic rings. The quantitative estimate of drug-likeness (QED) is 0.767. The molecular formula is C15H24N2O4. The van der Waals surface area contributed by atoms with Crippen LogP contribution in [0.25, 0.3) is 0 Å². The van der Waals surface area contributed by atoms with Crippen molar-refractivity contribution in [2.24, 2.45) is 5.41 Å². The van der Waals surface area contributed by atoms with E-state index in [-0.39, 0.29) is 29.6 Å². The number of ketones is 1. The maximum absolute atomic E-state index is 12.0. The number of amides is 1. The van der Waals surface area contributed by atoms with E-state index < -0.39 is 5.79 Å². The molecular weight excluding hydrogens is 272 g/mol. The summed E-state index contributed by atoms with van der Waals surface area (Å²) in [5.41, 5.74) is 6.10. The average molecular weight is 296 g/mol. The zero-order valence-electron chi connectivity index (χ0n) is 13.1. The topological polar surface area (TPSA) is 76.7 Å². The second-order valence-electron chi connectivity index (χ2n) is 6.88. The Morgan fingerprint density at radius 2 is 2.10 bits per heavy atom. The standard InChI is InChI=1S/C15H24N2O4/c1-10-9-20-15(4,21-10)8-13(19)17-16-11-5-12(18)7-14(2,3)6-11/h5,10,16H,6-9H2,1-4H3,(H,17,19). The molecule has 0 aromatic heterocycles. The summed E-state index contributed by atoms with van der Waals surface area (Å²) in [6.45, 7) is 8.21. The molecule has 6 nitrogen and oxygen atoms in total. The fourth-order valence-electron chi connectivity index (χ4n) is 2.79. The largest absolute Gasteiger partial charge is 0.347 e. The number of hydrazine groups is 1. The van der Waals surface area contributed by atoms with Crippen LogP contribution in [0, 0.1) is 5.41 Å². The van der Waals surface area contributed by atoms with Crippen molar-refractivity contribution in [3.63, 3.8) is 0 Å². The Labute approximate surface area is 125 Å². The summed E-state index contributed by atoms with van der Waals surface area (Å²) in [4.78, 5) is 23.6. The van der Waals surface area contributed by atoms with E-state index in [0.717, 1.165) is 12.1 Å². The smallest absolute Gasteiger partial charge is 0.243 e. The predicted molar refractivity (Wildman–Crippen MR) is 76.9 cm³/mol. The molecule has 1 amide bonds. The molecule has 0 spiro atoms. The number of ether oxygens (including phenoxy) is 2. The molecule has 2 unspecified atom stereocenters. The average Bonchev–Trinajstić information content (AvgIpc) is 2.63. The first kappa shape index (κ1) is 16.0. The summed E-state index contributed by atoms with van der Waals surface area (Å²) in [5.74, 6) is -1.03. The Hall–Kier alpha value is -1.40. The lowest BCUT2D eigenvalue weighted by Crippen LogP contribution is -2.43. The van der Waals surface area contributed by atoms with E-state index in [1.54, 1.807) is 13.0 Å². The highest BCUT2D eigenvalue weighted by Gasteiger charge is 2.37. The van der Waals surface area contributed by atoms with Gasteiger partial charge in [0.05, 0.1) is 19.1 Å². The molecule has 1 aliphatic carbocycles. The van der Waals surface area contributed by atoms with Crippen LogP contribution >= 0.6 is 0 Å². The Balaban J connectivity index is 1.83. The number of carbonyl (C=O) groups excluding carboxylic acids is 2. The summed E-state index contributed by atoms with van der Waals surface area (Å²) >= 11 is 0. The van der Waals surface area contributed by atoms with E-state index in [9.17, 15) is 9.59 Å². The Kier molecular flexibility index (Phi) is 4.39. The van der Waals surface area contributed by atoms with E-state index in [2.05, 4.69) is 10.9 Å². The molecule has 6 heteroatoms. The van der Waals surface area contributed by atoms with Crippen LogP contribution in [0.5, 0.6) is 0 Å². The maximum atomic E-state index is 12.0. The summed E-state index contributed by atoms with van der Waals surface area (Å²) in [5, 5.41) is 0.